The van der Waals surface area contributed by atoms with Crippen molar-refractivity contribution in [2.24, 2.45) is 0 Å². The van der Waals surface area contributed by atoms with Gasteiger partial charge in [0.15, 0.2) is 6.29 Å². The summed E-state index contributed by atoms with van der Waals surface area (Å²) < 4.78 is 20.5. The molecule has 1 rings (SSSR count). The van der Waals surface area contributed by atoms with E-state index < -0.39 is 12.4 Å². The molecule has 13 heavy (non-hydrogen) atoms. The third-order valence-corrected chi connectivity index (χ3v) is 2.19. The smallest absolute Gasteiger partial charge is 0.215 e. The summed E-state index contributed by atoms with van der Waals surface area (Å²) >= 11 is 0.308. The maximum atomic E-state index is 10.6. The molecule has 0 bridgehead atoms. The first-order valence-corrected chi connectivity index (χ1v) is 4.37. The van der Waals surface area contributed by atoms with Crippen molar-refractivity contribution < 1.29 is 18.5 Å². The van der Waals surface area contributed by atoms with Gasteiger partial charge in [0.2, 0.25) is 6.29 Å². The average molecular weight is 200 g/mol. The van der Waals surface area contributed by atoms with Crippen molar-refractivity contribution in [1.29, 1.82) is 0 Å². The lowest BCUT2D eigenvalue weighted by Gasteiger charge is -2.05. The maximum Gasteiger partial charge on any atom is 0.215 e. The highest BCUT2D eigenvalue weighted by molar-refractivity contribution is 7.66. The van der Waals surface area contributed by atoms with Crippen LogP contribution in [-0.2, 0) is 25.5 Å². The molecule has 1 fully saturated rings. The fraction of sp³-hybridized carbons (Fsp3) is 0.500. The summed E-state index contributed by atoms with van der Waals surface area (Å²) in [5, 5.41) is 0. The zero-order valence-electron chi connectivity index (χ0n) is 6.76. The van der Waals surface area contributed by atoms with E-state index in [1.807, 2.05) is 0 Å². The lowest BCUT2D eigenvalue weighted by molar-refractivity contribution is -0.131. The van der Waals surface area contributed by atoms with Gasteiger partial charge in [-0.1, -0.05) is 0 Å². The van der Waals surface area contributed by atoms with Crippen molar-refractivity contribution in [1.82, 2.24) is 0 Å². The first kappa shape index (κ1) is 10.1. The third-order valence-electron chi connectivity index (χ3n) is 1.56. The number of rotatable bonds is 3. The molecular formula is C8H8O4S. The number of hydrogen-bond donors (Lipinski definition) is 0. The van der Waals surface area contributed by atoms with Crippen LogP contribution in [0.1, 0.15) is 6.42 Å². The summed E-state index contributed by atoms with van der Waals surface area (Å²) in [5.41, 5.74) is 0. The molecule has 0 aromatic heterocycles. The van der Waals surface area contributed by atoms with Crippen LogP contribution >= 0.6 is 0 Å². The monoisotopic (exact) mass is 200 g/mol. The van der Waals surface area contributed by atoms with E-state index in [2.05, 4.69) is 5.92 Å². The summed E-state index contributed by atoms with van der Waals surface area (Å²) in [6, 6.07) is 0. The Labute approximate surface area is 79.3 Å². The standard InChI is InChI=1S/C8H8O4S/c1-2-3-7(13-10)6-5-11-8(4-9)12-6/h1,4,6,8H,3,5H2. The van der Waals surface area contributed by atoms with Crippen LogP contribution in [0.25, 0.3) is 0 Å². The van der Waals surface area contributed by atoms with Gasteiger partial charge in [-0.2, -0.15) is 0 Å². The summed E-state index contributed by atoms with van der Waals surface area (Å²) in [6.07, 6.45) is 4.53. The van der Waals surface area contributed by atoms with Crippen molar-refractivity contribution in [2.75, 3.05) is 6.61 Å². The van der Waals surface area contributed by atoms with Crippen LogP contribution in [0.5, 0.6) is 0 Å². The second kappa shape index (κ2) is 4.92. The summed E-state index contributed by atoms with van der Waals surface area (Å²) in [4.78, 5) is 10.7. The molecule has 0 aromatic carbocycles. The Kier molecular flexibility index (Phi) is 3.83. The van der Waals surface area contributed by atoms with Gasteiger partial charge in [-0.05, 0) is 0 Å². The van der Waals surface area contributed by atoms with Crippen LogP contribution < -0.4 is 0 Å². The van der Waals surface area contributed by atoms with Gasteiger partial charge < -0.3 is 9.47 Å². The summed E-state index contributed by atoms with van der Waals surface area (Å²) in [6.45, 7) is 0.218. The molecule has 1 heterocycles. The second-order valence-electron chi connectivity index (χ2n) is 2.39. The molecule has 1 aliphatic rings. The highest BCUT2D eigenvalue weighted by Gasteiger charge is 2.28. The van der Waals surface area contributed by atoms with Gasteiger partial charge in [0, 0.05) is 6.42 Å². The van der Waals surface area contributed by atoms with Gasteiger partial charge >= 0.3 is 0 Å². The first-order chi connectivity index (χ1) is 6.31. The lowest BCUT2D eigenvalue weighted by Crippen LogP contribution is -2.23. The molecule has 70 valence electrons. The van der Waals surface area contributed by atoms with Crippen LogP contribution in [0, 0.1) is 12.3 Å². The predicted molar refractivity (Wildman–Crippen MR) is 47.3 cm³/mol. The molecule has 0 aromatic rings. The number of carbonyl (C=O) groups is 1. The number of hydrogen-bond acceptors (Lipinski definition) is 4. The average Bonchev–Trinajstić information content (AvgIpc) is 2.62. The van der Waals surface area contributed by atoms with Crippen molar-refractivity contribution in [3.05, 3.63) is 0 Å². The minimum atomic E-state index is -0.857. The quantitative estimate of drug-likeness (QED) is 0.344. The van der Waals surface area contributed by atoms with E-state index in [-0.39, 0.29) is 13.0 Å². The zero-order valence-corrected chi connectivity index (χ0v) is 7.58. The topological polar surface area (TPSA) is 52.6 Å². The van der Waals surface area contributed by atoms with Gasteiger partial charge in [-0.3, -0.25) is 4.79 Å². The molecule has 0 N–H and O–H groups in total. The molecule has 5 heteroatoms. The molecule has 2 atom stereocenters. The number of ether oxygens (including phenoxy) is 2. The lowest BCUT2D eigenvalue weighted by atomic mass is 10.2. The van der Waals surface area contributed by atoms with E-state index in [4.69, 9.17) is 15.9 Å². The van der Waals surface area contributed by atoms with Crippen molar-refractivity contribution >= 4 is 22.4 Å². The van der Waals surface area contributed by atoms with Gasteiger partial charge in [0.25, 0.3) is 0 Å². The number of terminal acetylenes is 1. The Morgan fingerprint density at radius 3 is 3.00 bits per heavy atom. The van der Waals surface area contributed by atoms with Gasteiger partial charge in [-0.25, -0.2) is 4.21 Å². The third kappa shape index (κ3) is 2.49. The highest BCUT2D eigenvalue weighted by Crippen LogP contribution is 2.11. The van der Waals surface area contributed by atoms with Gasteiger partial charge in [0.05, 0.1) is 22.7 Å². The van der Waals surface area contributed by atoms with Crippen LogP contribution in [0.15, 0.2) is 0 Å². The normalized spacial score (nSPS) is 26.4. The number of carbonyl (C=O) groups excluding carboxylic acids is 1. The Hall–Kier alpha value is -0.960. The Bertz CT molecular complexity index is 287. The van der Waals surface area contributed by atoms with Crippen LogP contribution in [0.3, 0.4) is 0 Å². The highest BCUT2D eigenvalue weighted by atomic mass is 32.1. The van der Waals surface area contributed by atoms with Crippen LogP contribution in [0.4, 0.5) is 0 Å². The molecule has 1 saturated heterocycles. The van der Waals surface area contributed by atoms with E-state index in [0.717, 1.165) is 0 Å². The molecule has 0 aliphatic carbocycles. The molecule has 0 radical (unpaired) electrons. The SMILES string of the molecule is C#CCC(=S=O)C1COC(C=O)O1. The van der Waals surface area contributed by atoms with E-state index in [0.29, 0.717) is 22.4 Å². The Balaban J connectivity index is 2.59. The maximum absolute atomic E-state index is 10.6. The zero-order chi connectivity index (χ0) is 9.68. The summed E-state index contributed by atoms with van der Waals surface area (Å²) in [5.74, 6) is 2.35. The molecule has 1 aliphatic heterocycles. The number of aldehydes is 1. The van der Waals surface area contributed by atoms with Crippen LogP contribution in [-0.4, -0.2) is 34.4 Å². The fourth-order valence-corrected chi connectivity index (χ4v) is 1.33. The molecular weight excluding hydrogens is 192 g/mol. The minimum absolute atomic E-state index is 0.218. The Morgan fingerprint density at radius 2 is 2.54 bits per heavy atom. The molecule has 0 amide bonds. The second-order valence-corrected chi connectivity index (χ2v) is 3.08. The fourth-order valence-electron chi connectivity index (χ4n) is 0.960. The molecule has 4 nitrogen and oxygen atoms in total. The van der Waals surface area contributed by atoms with Crippen molar-refractivity contribution in [3.63, 3.8) is 0 Å². The van der Waals surface area contributed by atoms with Crippen molar-refractivity contribution in [3.8, 4) is 12.3 Å². The van der Waals surface area contributed by atoms with E-state index in [1.165, 1.54) is 0 Å². The predicted octanol–water partition coefficient (Wildman–Crippen LogP) is -0.665. The minimum Gasteiger partial charge on any atom is -0.343 e. The van der Waals surface area contributed by atoms with E-state index in [9.17, 15) is 9.00 Å². The van der Waals surface area contributed by atoms with E-state index >= 15 is 0 Å². The Morgan fingerprint density at radius 1 is 1.77 bits per heavy atom. The molecule has 0 spiro atoms. The van der Waals surface area contributed by atoms with Gasteiger partial charge in [0.1, 0.15) is 6.10 Å². The van der Waals surface area contributed by atoms with E-state index in [1.54, 1.807) is 0 Å². The van der Waals surface area contributed by atoms with Gasteiger partial charge in [-0.15, -0.1) is 12.3 Å². The van der Waals surface area contributed by atoms with Crippen LogP contribution in [0.2, 0.25) is 0 Å². The van der Waals surface area contributed by atoms with Crippen molar-refractivity contribution in [2.45, 2.75) is 18.8 Å². The molecule has 0 saturated carbocycles. The summed E-state index contributed by atoms with van der Waals surface area (Å²) in [7, 11) is 0. The molecule has 2 unspecified atom stereocenters. The largest absolute Gasteiger partial charge is 0.343 e. The first-order valence-electron chi connectivity index (χ1n) is 3.63.